The summed E-state index contributed by atoms with van der Waals surface area (Å²) in [6, 6.07) is 5.50. The van der Waals surface area contributed by atoms with E-state index in [0.29, 0.717) is 16.3 Å². The predicted molar refractivity (Wildman–Crippen MR) is 84.5 cm³/mol. The molecule has 2 aromatic rings. The van der Waals surface area contributed by atoms with Gasteiger partial charge in [-0.15, -0.1) is 10.2 Å². The number of aromatic nitrogens is 4. The van der Waals surface area contributed by atoms with E-state index in [1.54, 1.807) is 6.07 Å². The van der Waals surface area contributed by atoms with Crippen LogP contribution in [0.5, 0.6) is 0 Å². The molecule has 0 amide bonds. The van der Waals surface area contributed by atoms with Gasteiger partial charge in [-0.25, -0.2) is 4.21 Å². The van der Waals surface area contributed by atoms with Gasteiger partial charge >= 0.3 is 0 Å². The van der Waals surface area contributed by atoms with Gasteiger partial charge in [-0.2, -0.15) is 5.21 Å². The van der Waals surface area contributed by atoms with Crippen molar-refractivity contribution in [2.24, 2.45) is 5.14 Å². The number of H-pyrrole nitrogens is 1. The summed E-state index contributed by atoms with van der Waals surface area (Å²) < 4.78 is 12.3. The van der Waals surface area contributed by atoms with Crippen LogP contribution in [-0.4, -0.2) is 41.9 Å². The van der Waals surface area contributed by atoms with Crippen molar-refractivity contribution in [3.8, 4) is 11.4 Å². The monoisotopic (exact) mass is 321 g/mol. The number of rotatable bonds is 3. The van der Waals surface area contributed by atoms with E-state index in [0.717, 1.165) is 31.2 Å². The third kappa shape index (κ3) is 2.90. The maximum Gasteiger partial charge on any atom is 0.206 e. The van der Waals surface area contributed by atoms with E-state index in [4.69, 9.17) is 5.14 Å². The summed E-state index contributed by atoms with van der Waals surface area (Å²) in [5.74, 6) is 4.21. The molecule has 1 unspecified atom stereocenters. The number of aliphatic hydroxyl groups excluding tert-OH is 1. The predicted octanol–water partition coefficient (Wildman–Crippen LogP) is 0.834. The number of nitrogens with zero attached hydrogens (tertiary/aromatic N) is 3. The van der Waals surface area contributed by atoms with E-state index in [1.807, 2.05) is 12.1 Å². The van der Waals surface area contributed by atoms with Crippen LogP contribution in [0.3, 0.4) is 0 Å². The minimum absolute atomic E-state index is 0.236. The van der Waals surface area contributed by atoms with E-state index in [2.05, 4.69) is 26.5 Å². The van der Waals surface area contributed by atoms with Gasteiger partial charge in [0.05, 0.1) is 20.7 Å². The average molecular weight is 321 g/mol. The second-order valence-electron chi connectivity index (χ2n) is 5.69. The summed E-state index contributed by atoms with van der Waals surface area (Å²) in [7, 11) is -2.90. The smallest absolute Gasteiger partial charge is 0.206 e. The fourth-order valence-electron chi connectivity index (χ4n) is 3.07. The Kier molecular flexibility index (Phi) is 3.98. The molecule has 0 saturated heterocycles. The number of benzene rings is 1. The zero-order valence-electron chi connectivity index (χ0n) is 12.1. The lowest BCUT2D eigenvalue weighted by Gasteiger charge is -2.27. The molecular formula is C14H19N5O2S. The summed E-state index contributed by atoms with van der Waals surface area (Å²) in [5.41, 5.74) is 1.65. The lowest BCUT2D eigenvalue weighted by atomic mass is 9.81. The largest absolute Gasteiger partial charge is 0.393 e. The quantitative estimate of drug-likeness (QED) is 0.724. The third-order valence-electron chi connectivity index (χ3n) is 4.14. The number of aromatic amines is 1. The Morgan fingerprint density at radius 2 is 2.05 bits per heavy atom. The van der Waals surface area contributed by atoms with Crippen molar-refractivity contribution >= 4 is 15.6 Å². The van der Waals surface area contributed by atoms with E-state index in [-0.39, 0.29) is 12.0 Å². The van der Waals surface area contributed by atoms with Crippen LogP contribution in [0.4, 0.5) is 0 Å². The van der Waals surface area contributed by atoms with Crippen LogP contribution in [-0.2, 0) is 9.71 Å². The van der Waals surface area contributed by atoms with Crippen LogP contribution >= 0.6 is 0 Å². The van der Waals surface area contributed by atoms with Gasteiger partial charge in [-0.05, 0) is 54.3 Å². The Labute approximate surface area is 129 Å². The Balaban J connectivity index is 2.14. The zero-order chi connectivity index (χ0) is 15.7. The maximum atomic E-state index is 12.3. The van der Waals surface area contributed by atoms with Gasteiger partial charge in [0.1, 0.15) is 0 Å². The number of tetrazole rings is 1. The van der Waals surface area contributed by atoms with Gasteiger partial charge in [-0.3, -0.25) is 5.14 Å². The highest BCUT2D eigenvalue weighted by molar-refractivity contribution is 7.98. The summed E-state index contributed by atoms with van der Waals surface area (Å²) >= 11 is 0. The number of hydrogen-bond acceptors (Lipinski definition) is 5. The fraction of sp³-hybridized carbons (Fsp3) is 0.429. The third-order valence-corrected chi connectivity index (χ3v) is 5.22. The van der Waals surface area contributed by atoms with Crippen LogP contribution in [0.15, 0.2) is 23.1 Å². The highest BCUT2D eigenvalue weighted by Crippen LogP contribution is 2.39. The SMILES string of the molecule is C=S(N)(=O)c1cccc(C2CCC(O)CC2)c1-c1nn[nH]n1. The molecule has 0 radical (unpaired) electrons. The normalized spacial score (nSPS) is 24.8. The molecule has 0 spiro atoms. The summed E-state index contributed by atoms with van der Waals surface area (Å²) in [6.45, 7) is 0. The van der Waals surface area contributed by atoms with Gasteiger partial charge in [0, 0.05) is 5.56 Å². The number of nitrogens with two attached hydrogens (primary N) is 1. The van der Waals surface area contributed by atoms with E-state index in [1.165, 1.54) is 0 Å². The van der Waals surface area contributed by atoms with Gasteiger partial charge in [0.15, 0.2) is 0 Å². The van der Waals surface area contributed by atoms with Crippen molar-refractivity contribution in [2.75, 3.05) is 0 Å². The molecular weight excluding hydrogens is 302 g/mol. The Morgan fingerprint density at radius 1 is 1.32 bits per heavy atom. The fourth-order valence-corrected chi connectivity index (χ4v) is 3.93. The zero-order valence-corrected chi connectivity index (χ0v) is 12.9. The summed E-state index contributed by atoms with van der Waals surface area (Å²) in [6.07, 6.45) is 2.99. The molecule has 4 N–H and O–H groups in total. The Hall–Kier alpha value is -1.77. The summed E-state index contributed by atoms with van der Waals surface area (Å²) in [5, 5.41) is 29.5. The van der Waals surface area contributed by atoms with Crippen LogP contribution in [0.2, 0.25) is 0 Å². The first-order chi connectivity index (χ1) is 10.5. The van der Waals surface area contributed by atoms with Crippen LogP contribution in [0.25, 0.3) is 11.4 Å². The van der Waals surface area contributed by atoms with Crippen molar-refractivity contribution in [1.82, 2.24) is 20.6 Å². The van der Waals surface area contributed by atoms with Crippen LogP contribution < -0.4 is 5.14 Å². The minimum Gasteiger partial charge on any atom is -0.393 e. The second-order valence-corrected chi connectivity index (χ2v) is 7.58. The molecule has 3 rings (SSSR count). The molecule has 1 aliphatic rings. The van der Waals surface area contributed by atoms with E-state index >= 15 is 0 Å². The lowest BCUT2D eigenvalue weighted by molar-refractivity contribution is 0.122. The molecule has 1 aromatic heterocycles. The molecule has 1 atom stereocenters. The van der Waals surface area contributed by atoms with Crippen molar-refractivity contribution < 1.29 is 9.32 Å². The topological polar surface area (TPSA) is 118 Å². The molecule has 1 heterocycles. The molecule has 1 aromatic carbocycles. The van der Waals surface area contributed by atoms with Crippen molar-refractivity contribution in [2.45, 2.75) is 42.6 Å². The highest BCUT2D eigenvalue weighted by Gasteiger charge is 2.27. The summed E-state index contributed by atoms with van der Waals surface area (Å²) in [4.78, 5) is 0.442. The first-order valence-electron chi connectivity index (χ1n) is 7.16. The highest BCUT2D eigenvalue weighted by atomic mass is 32.2. The number of hydrogen-bond donors (Lipinski definition) is 3. The first kappa shape index (κ1) is 15.1. The minimum atomic E-state index is -2.90. The first-order valence-corrected chi connectivity index (χ1v) is 8.95. The molecule has 0 bridgehead atoms. The van der Waals surface area contributed by atoms with E-state index < -0.39 is 9.71 Å². The average Bonchev–Trinajstić information content (AvgIpc) is 3.00. The Morgan fingerprint density at radius 3 is 2.64 bits per heavy atom. The van der Waals surface area contributed by atoms with Crippen LogP contribution in [0.1, 0.15) is 37.2 Å². The molecule has 118 valence electrons. The van der Waals surface area contributed by atoms with Crippen molar-refractivity contribution in [1.29, 1.82) is 0 Å². The standard InChI is InChI=1S/C14H19N5O2S/c1-22(15,21)12-4-2-3-11(9-5-7-10(20)8-6-9)13(12)14-16-18-19-17-14/h2-4,9-10,20H,1,5-8H2,(H2,15,21)(H,16,17,18,19). The Bertz CT molecular complexity index is 750. The molecule has 7 nitrogen and oxygen atoms in total. The van der Waals surface area contributed by atoms with Gasteiger partial charge in [0.25, 0.3) is 0 Å². The van der Waals surface area contributed by atoms with Gasteiger partial charge in [0.2, 0.25) is 5.82 Å². The molecule has 22 heavy (non-hydrogen) atoms. The number of nitrogens with one attached hydrogen (secondary N) is 1. The lowest BCUT2D eigenvalue weighted by Crippen LogP contribution is -2.19. The molecule has 1 aliphatic carbocycles. The van der Waals surface area contributed by atoms with Gasteiger partial charge in [-0.1, -0.05) is 12.1 Å². The van der Waals surface area contributed by atoms with Crippen molar-refractivity contribution in [3.05, 3.63) is 23.8 Å². The van der Waals surface area contributed by atoms with Gasteiger partial charge < -0.3 is 5.11 Å². The number of aliphatic hydroxyl groups is 1. The molecule has 8 heteroatoms. The molecule has 1 fully saturated rings. The van der Waals surface area contributed by atoms with Crippen molar-refractivity contribution in [3.63, 3.8) is 0 Å². The second kappa shape index (κ2) is 5.79. The maximum absolute atomic E-state index is 12.3. The van der Waals surface area contributed by atoms with E-state index in [9.17, 15) is 9.32 Å². The molecule has 0 aliphatic heterocycles. The van der Waals surface area contributed by atoms with Crippen LogP contribution in [0, 0.1) is 0 Å². The molecule has 1 saturated carbocycles.